The van der Waals surface area contributed by atoms with Crippen LogP contribution in [0.3, 0.4) is 0 Å². The lowest BCUT2D eigenvalue weighted by Gasteiger charge is -2.32. The molecular weight excluding hydrogens is 326 g/mol. The predicted molar refractivity (Wildman–Crippen MR) is 96.0 cm³/mol. The van der Waals surface area contributed by atoms with Crippen LogP contribution in [-0.4, -0.2) is 61.9 Å². The van der Waals surface area contributed by atoms with E-state index in [1.807, 2.05) is 48.2 Å². The molecule has 0 saturated carbocycles. The molecule has 0 aliphatic carbocycles. The van der Waals surface area contributed by atoms with Gasteiger partial charge in [-0.05, 0) is 38.6 Å². The Labute approximate surface area is 149 Å². The van der Waals surface area contributed by atoms with Crippen molar-refractivity contribution < 1.29 is 9.59 Å². The predicted octanol–water partition coefficient (Wildman–Crippen LogP) is 1.80. The van der Waals surface area contributed by atoms with E-state index in [-0.39, 0.29) is 17.7 Å². The van der Waals surface area contributed by atoms with Crippen LogP contribution in [0.4, 0.5) is 0 Å². The monoisotopic (exact) mass is 351 g/mol. The van der Waals surface area contributed by atoms with Gasteiger partial charge in [0.25, 0.3) is 0 Å². The molecule has 2 rings (SSSR count). The fourth-order valence-corrected chi connectivity index (χ4v) is 3.06. The van der Waals surface area contributed by atoms with Gasteiger partial charge in [-0.1, -0.05) is 29.8 Å². The lowest BCUT2D eigenvalue weighted by atomic mass is 9.96. The summed E-state index contributed by atoms with van der Waals surface area (Å²) in [6.45, 7) is 2.57. The summed E-state index contributed by atoms with van der Waals surface area (Å²) in [7, 11) is 3.96. The van der Waals surface area contributed by atoms with E-state index < -0.39 is 0 Å². The molecule has 1 aromatic rings. The third-order valence-corrected chi connectivity index (χ3v) is 4.71. The molecule has 1 atom stereocenters. The van der Waals surface area contributed by atoms with Crippen LogP contribution in [0.15, 0.2) is 24.3 Å². The van der Waals surface area contributed by atoms with Crippen molar-refractivity contribution >= 4 is 23.4 Å². The zero-order chi connectivity index (χ0) is 17.5. The van der Waals surface area contributed by atoms with Gasteiger partial charge in [-0.25, -0.2) is 0 Å². The minimum atomic E-state index is -0.115. The average molecular weight is 352 g/mol. The highest BCUT2D eigenvalue weighted by molar-refractivity contribution is 6.31. The van der Waals surface area contributed by atoms with Gasteiger partial charge in [0.15, 0.2) is 0 Å². The highest BCUT2D eigenvalue weighted by atomic mass is 35.5. The molecule has 0 spiro atoms. The van der Waals surface area contributed by atoms with Crippen LogP contribution >= 0.6 is 11.6 Å². The number of benzene rings is 1. The Morgan fingerprint density at radius 3 is 2.83 bits per heavy atom. The van der Waals surface area contributed by atoms with Crippen LogP contribution in [0, 0.1) is 5.92 Å². The first-order valence-electron chi connectivity index (χ1n) is 8.41. The molecule has 1 N–H and O–H groups in total. The molecular formula is C18H26ClN3O2. The number of likely N-dealkylation sites (N-methyl/N-ethyl adjacent to an activating group) is 1. The summed E-state index contributed by atoms with van der Waals surface area (Å²) in [5.74, 6) is 0.0671. The van der Waals surface area contributed by atoms with Crippen molar-refractivity contribution in [2.24, 2.45) is 5.92 Å². The van der Waals surface area contributed by atoms with Crippen molar-refractivity contribution in [3.8, 4) is 0 Å². The number of halogens is 1. The van der Waals surface area contributed by atoms with Crippen molar-refractivity contribution in [1.29, 1.82) is 0 Å². The zero-order valence-corrected chi connectivity index (χ0v) is 15.2. The second kappa shape index (κ2) is 9.04. The number of rotatable bonds is 7. The van der Waals surface area contributed by atoms with Gasteiger partial charge >= 0.3 is 0 Å². The third-order valence-electron chi connectivity index (χ3n) is 4.34. The molecule has 1 aromatic carbocycles. The van der Waals surface area contributed by atoms with Gasteiger partial charge in [0, 0.05) is 37.6 Å². The Morgan fingerprint density at radius 2 is 2.12 bits per heavy atom. The van der Waals surface area contributed by atoms with Gasteiger partial charge in [-0.2, -0.15) is 0 Å². The van der Waals surface area contributed by atoms with Gasteiger partial charge < -0.3 is 15.1 Å². The minimum Gasteiger partial charge on any atom is -0.355 e. The van der Waals surface area contributed by atoms with E-state index in [1.54, 1.807) is 0 Å². The molecule has 1 saturated heterocycles. The number of carbonyl (C=O) groups is 2. The number of nitrogens with one attached hydrogen (secondary N) is 1. The van der Waals surface area contributed by atoms with E-state index in [2.05, 4.69) is 5.32 Å². The van der Waals surface area contributed by atoms with Gasteiger partial charge in [-0.3, -0.25) is 9.59 Å². The third kappa shape index (κ3) is 5.49. The summed E-state index contributed by atoms with van der Waals surface area (Å²) < 4.78 is 0. The summed E-state index contributed by atoms with van der Waals surface area (Å²) >= 11 is 6.12. The summed E-state index contributed by atoms with van der Waals surface area (Å²) in [5.41, 5.74) is 1.03. The van der Waals surface area contributed by atoms with E-state index in [4.69, 9.17) is 11.6 Å². The first-order chi connectivity index (χ1) is 11.5. The van der Waals surface area contributed by atoms with Gasteiger partial charge in [0.05, 0.1) is 5.92 Å². The molecule has 1 fully saturated rings. The maximum absolute atomic E-state index is 12.4. The molecule has 24 heavy (non-hydrogen) atoms. The van der Waals surface area contributed by atoms with Crippen LogP contribution in [0.5, 0.6) is 0 Å². The van der Waals surface area contributed by atoms with E-state index in [0.717, 1.165) is 17.1 Å². The van der Waals surface area contributed by atoms with E-state index >= 15 is 0 Å². The topological polar surface area (TPSA) is 52.6 Å². The summed E-state index contributed by atoms with van der Waals surface area (Å²) in [4.78, 5) is 28.2. The molecule has 0 radical (unpaired) electrons. The quantitative estimate of drug-likeness (QED) is 0.815. The number of hydrogen-bond donors (Lipinski definition) is 1. The molecule has 1 aliphatic heterocycles. The molecule has 0 unspecified atom stereocenters. The van der Waals surface area contributed by atoms with Gasteiger partial charge in [-0.15, -0.1) is 0 Å². The minimum absolute atomic E-state index is 0.0319. The Balaban J connectivity index is 1.79. The summed E-state index contributed by atoms with van der Waals surface area (Å²) in [5, 5.41) is 3.71. The zero-order valence-electron chi connectivity index (χ0n) is 14.4. The lowest BCUT2D eigenvalue weighted by Crippen LogP contribution is -2.47. The normalized spacial score (nSPS) is 18.1. The van der Waals surface area contributed by atoms with E-state index in [9.17, 15) is 9.59 Å². The van der Waals surface area contributed by atoms with Crippen molar-refractivity contribution in [3.05, 3.63) is 34.9 Å². The SMILES string of the molecule is CN(C)CCN1C[C@H](C(=O)NCCc2ccccc2Cl)CCC1=O. The van der Waals surface area contributed by atoms with Crippen LogP contribution in [0.2, 0.25) is 5.02 Å². The number of amides is 2. The number of carbonyl (C=O) groups excluding carboxylic acids is 2. The Morgan fingerprint density at radius 1 is 1.38 bits per heavy atom. The van der Waals surface area contributed by atoms with Crippen molar-refractivity contribution in [3.63, 3.8) is 0 Å². The molecule has 0 bridgehead atoms. The number of hydrogen-bond acceptors (Lipinski definition) is 3. The maximum Gasteiger partial charge on any atom is 0.224 e. The van der Waals surface area contributed by atoms with Crippen LogP contribution in [0.25, 0.3) is 0 Å². The van der Waals surface area contributed by atoms with Crippen molar-refractivity contribution in [1.82, 2.24) is 15.1 Å². The standard InChI is InChI=1S/C18H26ClN3O2/c1-21(2)11-12-22-13-15(7-8-17(22)23)18(24)20-10-9-14-5-3-4-6-16(14)19/h3-6,15H,7-13H2,1-2H3,(H,20,24)/t15-/m1/s1. The average Bonchev–Trinajstić information content (AvgIpc) is 2.55. The fraction of sp³-hybridized carbons (Fsp3) is 0.556. The van der Waals surface area contributed by atoms with Crippen LogP contribution in [-0.2, 0) is 16.0 Å². The van der Waals surface area contributed by atoms with Crippen LogP contribution in [0.1, 0.15) is 18.4 Å². The van der Waals surface area contributed by atoms with Gasteiger partial charge in [0.1, 0.15) is 0 Å². The van der Waals surface area contributed by atoms with Gasteiger partial charge in [0.2, 0.25) is 11.8 Å². The Bertz CT molecular complexity index is 577. The number of nitrogens with zero attached hydrogens (tertiary/aromatic N) is 2. The smallest absolute Gasteiger partial charge is 0.224 e. The molecule has 0 aromatic heterocycles. The molecule has 6 heteroatoms. The van der Waals surface area contributed by atoms with E-state index in [0.29, 0.717) is 38.9 Å². The highest BCUT2D eigenvalue weighted by Gasteiger charge is 2.29. The van der Waals surface area contributed by atoms with Crippen molar-refractivity contribution in [2.45, 2.75) is 19.3 Å². The van der Waals surface area contributed by atoms with Crippen LogP contribution < -0.4 is 5.32 Å². The Kier molecular flexibility index (Phi) is 7.06. The molecule has 5 nitrogen and oxygen atoms in total. The molecule has 132 valence electrons. The number of likely N-dealkylation sites (tertiary alicyclic amines) is 1. The molecule has 1 aliphatic rings. The maximum atomic E-state index is 12.4. The van der Waals surface area contributed by atoms with E-state index in [1.165, 1.54) is 0 Å². The molecule has 2 amide bonds. The fourth-order valence-electron chi connectivity index (χ4n) is 2.83. The van der Waals surface area contributed by atoms with Crippen molar-refractivity contribution in [2.75, 3.05) is 40.3 Å². The second-order valence-corrected chi connectivity index (χ2v) is 6.92. The molecule has 1 heterocycles. The lowest BCUT2D eigenvalue weighted by molar-refractivity contribution is -0.138. The Hall–Kier alpha value is -1.59. The largest absolute Gasteiger partial charge is 0.355 e. The first kappa shape index (κ1) is 18.7. The highest BCUT2D eigenvalue weighted by Crippen LogP contribution is 2.18. The summed E-state index contributed by atoms with van der Waals surface area (Å²) in [6, 6.07) is 7.66. The first-order valence-corrected chi connectivity index (χ1v) is 8.79. The summed E-state index contributed by atoms with van der Waals surface area (Å²) in [6.07, 6.45) is 1.80. The number of piperidine rings is 1. The second-order valence-electron chi connectivity index (χ2n) is 6.51.